The van der Waals surface area contributed by atoms with Crippen LogP contribution in [-0.4, -0.2) is 7.11 Å². The minimum atomic E-state index is 0.558. The summed E-state index contributed by atoms with van der Waals surface area (Å²) in [6.07, 6.45) is 0. The van der Waals surface area contributed by atoms with Crippen molar-refractivity contribution in [2.75, 3.05) is 12.8 Å². The molecule has 0 aromatic heterocycles. The summed E-state index contributed by atoms with van der Waals surface area (Å²) < 4.78 is 5.17. The normalized spacial score (nSPS) is 9.65. The predicted octanol–water partition coefficient (Wildman–Crippen LogP) is 2.82. The van der Waals surface area contributed by atoms with Crippen LogP contribution in [0.3, 0.4) is 0 Å². The van der Waals surface area contributed by atoms with E-state index in [2.05, 4.69) is 6.07 Å². The molecule has 0 heterocycles. The number of hydrogen-bond acceptors (Lipinski definition) is 3. The van der Waals surface area contributed by atoms with Crippen LogP contribution in [-0.2, 0) is 0 Å². The first-order valence-corrected chi connectivity index (χ1v) is 5.18. The molecule has 0 aliphatic carbocycles. The van der Waals surface area contributed by atoms with Gasteiger partial charge in [0.1, 0.15) is 5.75 Å². The molecule has 3 nitrogen and oxygen atoms in total. The molecule has 0 unspecified atom stereocenters. The summed E-state index contributed by atoms with van der Waals surface area (Å²) in [5.41, 5.74) is 8.80. The Hall–Kier alpha value is -2.47. The second-order valence-corrected chi connectivity index (χ2v) is 3.69. The van der Waals surface area contributed by atoms with Gasteiger partial charge >= 0.3 is 0 Å². The van der Waals surface area contributed by atoms with Crippen molar-refractivity contribution in [2.45, 2.75) is 0 Å². The SMILES string of the molecule is COc1cccc(-c2cc(N)cc(C#N)c2)c1. The van der Waals surface area contributed by atoms with Crippen LogP contribution in [0.1, 0.15) is 5.56 Å². The van der Waals surface area contributed by atoms with Crippen LogP contribution < -0.4 is 10.5 Å². The van der Waals surface area contributed by atoms with Gasteiger partial charge in [0.25, 0.3) is 0 Å². The van der Waals surface area contributed by atoms with Gasteiger partial charge in [0.2, 0.25) is 0 Å². The molecule has 0 saturated carbocycles. The molecule has 3 heteroatoms. The van der Waals surface area contributed by atoms with E-state index in [1.54, 1.807) is 13.2 Å². The van der Waals surface area contributed by atoms with Gasteiger partial charge in [0, 0.05) is 5.69 Å². The van der Waals surface area contributed by atoms with Gasteiger partial charge in [-0.3, -0.25) is 0 Å². The molecule has 0 bridgehead atoms. The van der Waals surface area contributed by atoms with Crippen LogP contribution in [0, 0.1) is 11.3 Å². The van der Waals surface area contributed by atoms with Crippen molar-refractivity contribution in [1.82, 2.24) is 0 Å². The number of nitrogens with zero attached hydrogens (tertiary/aromatic N) is 1. The smallest absolute Gasteiger partial charge is 0.119 e. The van der Waals surface area contributed by atoms with Crippen LogP contribution in [0.4, 0.5) is 5.69 Å². The molecular formula is C14H12N2O. The number of nitrogens with two attached hydrogens (primary N) is 1. The molecule has 0 atom stereocenters. The minimum absolute atomic E-state index is 0.558. The summed E-state index contributed by atoms with van der Waals surface area (Å²) in [6.45, 7) is 0. The summed E-state index contributed by atoms with van der Waals surface area (Å²) >= 11 is 0. The molecule has 2 rings (SSSR count). The number of methoxy groups -OCH3 is 1. The summed E-state index contributed by atoms with van der Waals surface area (Å²) in [7, 11) is 1.62. The number of anilines is 1. The molecule has 84 valence electrons. The summed E-state index contributed by atoms with van der Waals surface area (Å²) in [5.74, 6) is 0.781. The quantitative estimate of drug-likeness (QED) is 0.798. The lowest BCUT2D eigenvalue weighted by Gasteiger charge is -2.06. The van der Waals surface area contributed by atoms with Gasteiger partial charge in [-0.25, -0.2) is 0 Å². The van der Waals surface area contributed by atoms with E-state index in [4.69, 9.17) is 15.7 Å². The largest absolute Gasteiger partial charge is 0.497 e. The van der Waals surface area contributed by atoms with Gasteiger partial charge < -0.3 is 10.5 Å². The van der Waals surface area contributed by atoms with E-state index in [0.29, 0.717) is 11.3 Å². The number of nitrogen functional groups attached to an aromatic ring is 1. The van der Waals surface area contributed by atoms with Crippen LogP contribution in [0.25, 0.3) is 11.1 Å². The maximum atomic E-state index is 8.90. The molecule has 0 spiro atoms. The fourth-order valence-corrected chi connectivity index (χ4v) is 1.69. The van der Waals surface area contributed by atoms with Gasteiger partial charge in [0.05, 0.1) is 18.7 Å². The second kappa shape index (κ2) is 4.58. The van der Waals surface area contributed by atoms with E-state index in [0.717, 1.165) is 16.9 Å². The van der Waals surface area contributed by atoms with E-state index in [1.807, 2.05) is 36.4 Å². The third-order valence-corrected chi connectivity index (χ3v) is 2.49. The maximum Gasteiger partial charge on any atom is 0.119 e. The summed E-state index contributed by atoms with van der Waals surface area (Å²) in [4.78, 5) is 0. The lowest BCUT2D eigenvalue weighted by atomic mass is 10.0. The lowest BCUT2D eigenvalue weighted by Crippen LogP contribution is -1.89. The highest BCUT2D eigenvalue weighted by molar-refractivity contribution is 5.70. The van der Waals surface area contributed by atoms with Crippen molar-refractivity contribution in [3.8, 4) is 22.9 Å². The molecular weight excluding hydrogens is 212 g/mol. The van der Waals surface area contributed by atoms with Crippen molar-refractivity contribution in [1.29, 1.82) is 5.26 Å². The third kappa shape index (κ3) is 2.37. The third-order valence-electron chi connectivity index (χ3n) is 2.49. The Labute approximate surface area is 100 Å². The number of hydrogen-bond donors (Lipinski definition) is 1. The number of ether oxygens (including phenoxy) is 1. The van der Waals surface area contributed by atoms with Crippen molar-refractivity contribution in [3.05, 3.63) is 48.0 Å². The fourth-order valence-electron chi connectivity index (χ4n) is 1.69. The molecule has 0 fully saturated rings. The highest BCUT2D eigenvalue weighted by Crippen LogP contribution is 2.26. The second-order valence-electron chi connectivity index (χ2n) is 3.69. The van der Waals surface area contributed by atoms with Gasteiger partial charge in [-0.05, 0) is 41.5 Å². The summed E-state index contributed by atoms with van der Waals surface area (Å²) in [6, 6.07) is 15.1. The molecule has 0 radical (unpaired) electrons. The Balaban J connectivity index is 2.52. The van der Waals surface area contributed by atoms with E-state index in [-0.39, 0.29) is 0 Å². The Kier molecular flexibility index (Phi) is 2.97. The monoisotopic (exact) mass is 224 g/mol. The molecule has 0 aliphatic rings. The number of rotatable bonds is 2. The zero-order valence-electron chi connectivity index (χ0n) is 9.47. The molecule has 2 N–H and O–H groups in total. The van der Waals surface area contributed by atoms with E-state index < -0.39 is 0 Å². The van der Waals surface area contributed by atoms with Crippen molar-refractivity contribution >= 4 is 5.69 Å². The average molecular weight is 224 g/mol. The number of benzene rings is 2. The average Bonchev–Trinajstić information content (AvgIpc) is 2.38. The topological polar surface area (TPSA) is 59.0 Å². The fraction of sp³-hybridized carbons (Fsp3) is 0.0714. The van der Waals surface area contributed by atoms with E-state index in [9.17, 15) is 0 Å². The lowest BCUT2D eigenvalue weighted by molar-refractivity contribution is 0.415. The molecule has 2 aromatic carbocycles. The zero-order valence-corrected chi connectivity index (χ0v) is 9.47. The van der Waals surface area contributed by atoms with Crippen molar-refractivity contribution in [3.63, 3.8) is 0 Å². The van der Waals surface area contributed by atoms with Gasteiger partial charge in [-0.2, -0.15) is 5.26 Å². The Morgan fingerprint density at radius 1 is 1.12 bits per heavy atom. The standard InChI is InChI=1S/C14H12N2O/c1-17-14-4-2-3-11(8-14)12-5-10(9-15)6-13(16)7-12/h2-8H,16H2,1H3. The zero-order chi connectivity index (χ0) is 12.3. The highest BCUT2D eigenvalue weighted by Gasteiger charge is 2.02. The van der Waals surface area contributed by atoms with Crippen LogP contribution >= 0.6 is 0 Å². The first kappa shape index (κ1) is 11.0. The summed E-state index contributed by atoms with van der Waals surface area (Å²) in [5, 5.41) is 8.90. The van der Waals surface area contributed by atoms with Crippen LogP contribution in [0.5, 0.6) is 5.75 Å². The molecule has 2 aromatic rings. The van der Waals surface area contributed by atoms with Gasteiger partial charge in [0.15, 0.2) is 0 Å². The van der Waals surface area contributed by atoms with E-state index in [1.165, 1.54) is 0 Å². The Bertz CT molecular complexity index is 585. The Morgan fingerprint density at radius 2 is 1.94 bits per heavy atom. The van der Waals surface area contributed by atoms with Gasteiger partial charge in [-0.1, -0.05) is 12.1 Å². The molecule has 0 aliphatic heterocycles. The Morgan fingerprint density at radius 3 is 2.65 bits per heavy atom. The molecule has 17 heavy (non-hydrogen) atoms. The maximum absolute atomic E-state index is 8.90. The first-order valence-electron chi connectivity index (χ1n) is 5.18. The molecule has 0 amide bonds. The van der Waals surface area contributed by atoms with Crippen molar-refractivity contribution in [2.24, 2.45) is 0 Å². The van der Waals surface area contributed by atoms with Crippen molar-refractivity contribution < 1.29 is 4.74 Å². The number of nitriles is 1. The van der Waals surface area contributed by atoms with Crippen LogP contribution in [0.2, 0.25) is 0 Å². The molecule has 0 saturated heterocycles. The van der Waals surface area contributed by atoms with Gasteiger partial charge in [-0.15, -0.1) is 0 Å². The first-order chi connectivity index (χ1) is 8.22. The minimum Gasteiger partial charge on any atom is -0.497 e. The van der Waals surface area contributed by atoms with Crippen LogP contribution in [0.15, 0.2) is 42.5 Å². The predicted molar refractivity (Wildman–Crippen MR) is 67.6 cm³/mol. The van der Waals surface area contributed by atoms with E-state index >= 15 is 0 Å². The highest BCUT2D eigenvalue weighted by atomic mass is 16.5.